The summed E-state index contributed by atoms with van der Waals surface area (Å²) in [5.41, 5.74) is 0.329. The van der Waals surface area contributed by atoms with E-state index in [-0.39, 0.29) is 11.9 Å². The lowest BCUT2D eigenvalue weighted by molar-refractivity contribution is -0.122. The number of hydrogen-bond acceptors (Lipinski definition) is 6. The minimum absolute atomic E-state index is 0.0197. The number of thiazole rings is 1. The van der Waals surface area contributed by atoms with Crippen molar-refractivity contribution in [3.63, 3.8) is 0 Å². The highest BCUT2D eigenvalue weighted by Gasteiger charge is 2.29. The number of hydrogen-bond donors (Lipinski definition) is 1. The van der Waals surface area contributed by atoms with Crippen LogP contribution in [0.15, 0.2) is 0 Å². The Kier molecular flexibility index (Phi) is 3.51. The van der Waals surface area contributed by atoms with Gasteiger partial charge in [-0.05, 0) is 13.8 Å². The number of ether oxygens (including phenoxy) is 1. The summed E-state index contributed by atoms with van der Waals surface area (Å²) in [6.07, 6.45) is 0. The standard InChI is InChI=1S/C11H15N3O3S/c1-6-9(15)12-4-5-14(6)11-13-8(7(2)18-11)10(16)17-3/h6H,4-5H2,1-3H3,(H,12,15). The van der Waals surface area contributed by atoms with Gasteiger partial charge in [-0.3, -0.25) is 4.79 Å². The fourth-order valence-corrected chi connectivity index (χ4v) is 2.84. The molecule has 1 unspecified atom stereocenters. The first-order valence-corrected chi connectivity index (χ1v) is 6.46. The molecule has 1 atom stereocenters. The van der Waals surface area contributed by atoms with Crippen molar-refractivity contribution in [3.05, 3.63) is 10.6 Å². The number of rotatable bonds is 2. The third kappa shape index (κ3) is 2.17. The van der Waals surface area contributed by atoms with Crippen molar-refractivity contribution in [1.29, 1.82) is 0 Å². The van der Waals surface area contributed by atoms with E-state index in [9.17, 15) is 9.59 Å². The highest BCUT2D eigenvalue weighted by molar-refractivity contribution is 7.15. The van der Waals surface area contributed by atoms with Crippen LogP contribution in [0.25, 0.3) is 0 Å². The van der Waals surface area contributed by atoms with Gasteiger partial charge in [0.15, 0.2) is 10.8 Å². The number of esters is 1. The molecule has 6 nitrogen and oxygen atoms in total. The average molecular weight is 269 g/mol. The molecular weight excluding hydrogens is 254 g/mol. The van der Waals surface area contributed by atoms with Gasteiger partial charge in [0.05, 0.1) is 7.11 Å². The molecule has 1 aliphatic rings. The normalized spacial score (nSPS) is 19.6. The Morgan fingerprint density at radius 1 is 1.61 bits per heavy atom. The maximum absolute atomic E-state index is 11.6. The predicted octanol–water partition coefficient (Wildman–Crippen LogP) is 0.563. The van der Waals surface area contributed by atoms with E-state index >= 15 is 0 Å². The molecule has 1 aromatic heterocycles. The second kappa shape index (κ2) is 4.93. The number of anilines is 1. The molecule has 1 saturated heterocycles. The van der Waals surface area contributed by atoms with Crippen molar-refractivity contribution in [2.75, 3.05) is 25.1 Å². The van der Waals surface area contributed by atoms with Crippen LogP contribution in [0.2, 0.25) is 0 Å². The van der Waals surface area contributed by atoms with Gasteiger partial charge in [-0.15, -0.1) is 11.3 Å². The van der Waals surface area contributed by atoms with E-state index in [1.165, 1.54) is 18.4 Å². The van der Waals surface area contributed by atoms with Gasteiger partial charge in [0.1, 0.15) is 6.04 Å². The molecule has 7 heteroatoms. The number of amides is 1. The lowest BCUT2D eigenvalue weighted by Crippen LogP contribution is -2.54. The lowest BCUT2D eigenvalue weighted by Gasteiger charge is -2.32. The first kappa shape index (κ1) is 12.8. The maximum atomic E-state index is 11.6. The SMILES string of the molecule is COC(=O)c1nc(N2CCNC(=O)C2C)sc1C. The molecule has 1 aromatic rings. The quantitative estimate of drug-likeness (QED) is 0.794. The van der Waals surface area contributed by atoms with Crippen LogP contribution in [-0.4, -0.2) is 43.1 Å². The minimum Gasteiger partial charge on any atom is -0.464 e. The van der Waals surface area contributed by atoms with Crippen molar-refractivity contribution in [2.24, 2.45) is 0 Å². The largest absolute Gasteiger partial charge is 0.464 e. The van der Waals surface area contributed by atoms with Crippen LogP contribution in [0.3, 0.4) is 0 Å². The summed E-state index contributed by atoms with van der Waals surface area (Å²) in [5.74, 6) is -0.460. The van der Waals surface area contributed by atoms with Crippen LogP contribution in [0.5, 0.6) is 0 Å². The van der Waals surface area contributed by atoms with Crippen molar-refractivity contribution in [1.82, 2.24) is 10.3 Å². The molecular formula is C11H15N3O3S. The monoisotopic (exact) mass is 269 g/mol. The fourth-order valence-electron chi connectivity index (χ4n) is 1.84. The zero-order valence-electron chi connectivity index (χ0n) is 10.5. The highest BCUT2D eigenvalue weighted by Crippen LogP contribution is 2.28. The summed E-state index contributed by atoms with van der Waals surface area (Å²) in [6.45, 7) is 4.93. The van der Waals surface area contributed by atoms with Crippen molar-refractivity contribution in [2.45, 2.75) is 19.9 Å². The molecule has 1 N–H and O–H groups in total. The molecule has 18 heavy (non-hydrogen) atoms. The van der Waals surface area contributed by atoms with Crippen LogP contribution >= 0.6 is 11.3 Å². The number of carbonyl (C=O) groups is 2. The molecule has 1 amide bonds. The zero-order valence-corrected chi connectivity index (χ0v) is 11.3. The third-order valence-corrected chi connectivity index (χ3v) is 3.92. The van der Waals surface area contributed by atoms with Gasteiger partial charge in [-0.1, -0.05) is 0 Å². The number of aromatic nitrogens is 1. The lowest BCUT2D eigenvalue weighted by atomic mass is 10.2. The molecule has 98 valence electrons. The Balaban J connectivity index is 2.28. The first-order valence-electron chi connectivity index (χ1n) is 5.64. The van der Waals surface area contributed by atoms with Crippen molar-refractivity contribution >= 4 is 28.3 Å². The van der Waals surface area contributed by atoms with Crippen LogP contribution < -0.4 is 10.2 Å². The Bertz CT molecular complexity index is 486. The smallest absolute Gasteiger partial charge is 0.357 e. The molecule has 0 aliphatic carbocycles. The Hall–Kier alpha value is -1.63. The second-order valence-corrected chi connectivity index (χ2v) is 5.23. The van der Waals surface area contributed by atoms with E-state index in [0.717, 1.165) is 4.88 Å². The van der Waals surface area contributed by atoms with Crippen LogP contribution in [0.4, 0.5) is 5.13 Å². The number of methoxy groups -OCH3 is 1. The second-order valence-electron chi connectivity index (χ2n) is 4.05. The Morgan fingerprint density at radius 3 is 3.00 bits per heavy atom. The summed E-state index contributed by atoms with van der Waals surface area (Å²) in [6, 6.07) is -0.269. The van der Waals surface area contributed by atoms with E-state index < -0.39 is 5.97 Å². The molecule has 0 aromatic carbocycles. The van der Waals surface area contributed by atoms with Crippen LogP contribution in [-0.2, 0) is 9.53 Å². The van der Waals surface area contributed by atoms with Gasteiger partial charge in [0, 0.05) is 18.0 Å². The number of carbonyl (C=O) groups excluding carboxylic acids is 2. The molecule has 1 fully saturated rings. The van der Waals surface area contributed by atoms with Gasteiger partial charge >= 0.3 is 5.97 Å². The molecule has 0 saturated carbocycles. The van der Waals surface area contributed by atoms with E-state index in [1.54, 1.807) is 0 Å². The number of aryl methyl sites for hydroxylation is 1. The summed E-state index contributed by atoms with van der Waals surface area (Å²) in [7, 11) is 1.33. The number of nitrogens with zero attached hydrogens (tertiary/aromatic N) is 2. The highest BCUT2D eigenvalue weighted by atomic mass is 32.1. The van der Waals surface area contributed by atoms with Crippen molar-refractivity contribution in [3.8, 4) is 0 Å². The number of nitrogens with one attached hydrogen (secondary N) is 1. The summed E-state index contributed by atoms with van der Waals surface area (Å²) in [5, 5.41) is 3.48. The van der Waals surface area contributed by atoms with Crippen LogP contribution in [0.1, 0.15) is 22.3 Å². The molecule has 0 radical (unpaired) electrons. The van der Waals surface area contributed by atoms with Gasteiger partial charge < -0.3 is 15.0 Å². The minimum atomic E-state index is -0.441. The van der Waals surface area contributed by atoms with Gasteiger partial charge in [0.2, 0.25) is 5.91 Å². The molecule has 0 bridgehead atoms. The zero-order chi connectivity index (χ0) is 13.3. The van der Waals surface area contributed by atoms with Crippen molar-refractivity contribution < 1.29 is 14.3 Å². The molecule has 0 spiro atoms. The van der Waals surface area contributed by atoms with Gasteiger partial charge in [-0.25, -0.2) is 9.78 Å². The van der Waals surface area contributed by atoms with Crippen LogP contribution in [0, 0.1) is 6.92 Å². The molecule has 1 aliphatic heterocycles. The fraction of sp³-hybridized carbons (Fsp3) is 0.545. The van der Waals surface area contributed by atoms with E-state index in [1.807, 2.05) is 18.7 Å². The Labute approximate surface area is 109 Å². The van der Waals surface area contributed by atoms with Gasteiger partial charge in [-0.2, -0.15) is 0 Å². The summed E-state index contributed by atoms with van der Waals surface area (Å²) < 4.78 is 4.67. The Morgan fingerprint density at radius 2 is 2.33 bits per heavy atom. The summed E-state index contributed by atoms with van der Waals surface area (Å²) in [4.78, 5) is 30.1. The first-order chi connectivity index (χ1) is 8.54. The topological polar surface area (TPSA) is 71.5 Å². The summed E-state index contributed by atoms with van der Waals surface area (Å²) >= 11 is 1.40. The van der Waals surface area contributed by atoms with Gasteiger partial charge in [0.25, 0.3) is 0 Å². The molecule has 2 rings (SSSR count). The van der Waals surface area contributed by atoms with E-state index in [4.69, 9.17) is 0 Å². The molecule has 2 heterocycles. The third-order valence-electron chi connectivity index (χ3n) is 2.91. The van der Waals surface area contributed by atoms with E-state index in [2.05, 4.69) is 15.0 Å². The van der Waals surface area contributed by atoms with E-state index in [0.29, 0.717) is 23.9 Å². The predicted molar refractivity (Wildman–Crippen MR) is 68.0 cm³/mol. The number of piperazine rings is 1. The maximum Gasteiger partial charge on any atom is 0.357 e. The average Bonchev–Trinajstić information content (AvgIpc) is 2.73.